The van der Waals surface area contributed by atoms with Crippen LogP contribution in [0.2, 0.25) is 0 Å². The van der Waals surface area contributed by atoms with Crippen molar-refractivity contribution in [2.75, 3.05) is 19.1 Å². The minimum absolute atomic E-state index is 0.178. The topological polar surface area (TPSA) is 98.5 Å². The molecule has 0 spiro atoms. The Morgan fingerprint density at radius 2 is 2.12 bits per heavy atom. The fourth-order valence-electron chi connectivity index (χ4n) is 1.06. The quantitative estimate of drug-likeness (QED) is 0.600. The van der Waals surface area contributed by atoms with Crippen LogP contribution in [0.4, 0.5) is 0 Å². The zero-order valence-corrected chi connectivity index (χ0v) is 10.5. The summed E-state index contributed by atoms with van der Waals surface area (Å²) in [7, 11) is -1.50. The lowest BCUT2D eigenvalue weighted by Crippen LogP contribution is -2.43. The van der Waals surface area contributed by atoms with E-state index in [1.54, 1.807) is 0 Å². The van der Waals surface area contributed by atoms with Crippen molar-refractivity contribution >= 4 is 19.6 Å². The molecule has 0 heterocycles. The molecule has 1 unspecified atom stereocenters. The van der Waals surface area contributed by atoms with Crippen LogP contribution in [0.15, 0.2) is 0 Å². The van der Waals surface area contributed by atoms with Gasteiger partial charge in [-0.15, -0.1) is 0 Å². The van der Waals surface area contributed by atoms with Crippen LogP contribution < -0.4 is 11.1 Å². The molecule has 0 rings (SSSR count). The summed E-state index contributed by atoms with van der Waals surface area (Å²) in [6.45, 7) is 3.62. The second-order valence-corrected chi connectivity index (χ2v) is 4.94. The number of ether oxygens (including phenoxy) is 1. The highest BCUT2D eigenvalue weighted by molar-refractivity contribution is 7.44. The molecule has 16 heavy (non-hydrogen) atoms. The number of hydrogen-bond acceptors (Lipinski definition) is 4. The van der Waals surface area contributed by atoms with Crippen molar-refractivity contribution in [3.63, 3.8) is 0 Å². The summed E-state index contributed by atoms with van der Waals surface area (Å²) in [5, 5.41) is 2.41. The summed E-state index contributed by atoms with van der Waals surface area (Å²) in [5.41, 5.74) is 5.09. The molecule has 6 nitrogen and oxygen atoms in total. The molecule has 0 fully saturated rings. The molecule has 92 valence electrons. The summed E-state index contributed by atoms with van der Waals surface area (Å²) < 4.78 is 16.4. The molecule has 0 aromatic heterocycles. The number of carbonyl (C=O) groups excluding carboxylic acids is 2. The van der Waals surface area contributed by atoms with Crippen LogP contribution in [0.25, 0.3) is 0 Å². The van der Waals surface area contributed by atoms with Gasteiger partial charge in [0.05, 0.1) is 0 Å². The average molecular weight is 249 g/mol. The highest BCUT2D eigenvalue weighted by atomic mass is 31.1. The second kappa shape index (κ2) is 8.19. The lowest BCUT2D eigenvalue weighted by Gasteiger charge is -2.10. The highest BCUT2D eigenvalue weighted by Crippen LogP contribution is 2.21. The molecular weight excluding hydrogens is 231 g/mol. The van der Waals surface area contributed by atoms with E-state index in [4.69, 9.17) is 10.5 Å². The van der Waals surface area contributed by atoms with E-state index < -0.39 is 19.8 Å². The summed E-state index contributed by atoms with van der Waals surface area (Å²) in [4.78, 5) is 21.7. The van der Waals surface area contributed by atoms with Gasteiger partial charge in [-0.1, -0.05) is 4.57 Å². The Kier molecular flexibility index (Phi) is 7.68. The van der Waals surface area contributed by atoms with E-state index in [-0.39, 0.29) is 18.7 Å². The number of primary amides is 1. The number of hydrogen-bond donors (Lipinski definition) is 2. The number of amides is 2. The Bertz CT molecular complexity index is 270. The van der Waals surface area contributed by atoms with Gasteiger partial charge in [0.25, 0.3) is 0 Å². The van der Waals surface area contributed by atoms with Gasteiger partial charge in [-0.05, 0) is 6.92 Å². The standard InChI is InChI=1S/C9H17N2O4P/c1-3-15-6-16(14)5-4-8(9(10)13)11-7(2)12/h8H,3-6H2,1-2H3,(H2-,10,11,12,13)/p+1/t8-/m0/s1. The molecule has 2 amide bonds. The SMILES string of the molecule is CCOC[P+](=O)CC[C@H](NC(C)=O)C(N)=O. The molecule has 7 heteroatoms. The van der Waals surface area contributed by atoms with Crippen molar-refractivity contribution in [2.24, 2.45) is 5.73 Å². The lowest BCUT2D eigenvalue weighted by atomic mass is 10.2. The van der Waals surface area contributed by atoms with Gasteiger partial charge in [-0.2, -0.15) is 0 Å². The molecular formula is C9H18N2O4P+. The smallest absolute Gasteiger partial charge is 0.367 e. The summed E-state index contributed by atoms with van der Waals surface area (Å²) >= 11 is 0. The lowest BCUT2D eigenvalue weighted by molar-refractivity contribution is -0.126. The number of carbonyl (C=O) groups is 2. The largest absolute Gasteiger partial charge is 0.368 e. The third kappa shape index (κ3) is 7.31. The molecule has 0 bridgehead atoms. The molecule has 0 aliphatic carbocycles. The number of nitrogens with one attached hydrogen (secondary N) is 1. The van der Waals surface area contributed by atoms with Gasteiger partial charge in [0.1, 0.15) is 6.04 Å². The van der Waals surface area contributed by atoms with Crippen LogP contribution in [0, 0.1) is 0 Å². The van der Waals surface area contributed by atoms with Crippen LogP contribution >= 0.6 is 7.80 Å². The maximum atomic E-state index is 11.4. The van der Waals surface area contributed by atoms with Crippen molar-refractivity contribution < 1.29 is 18.9 Å². The zero-order chi connectivity index (χ0) is 12.6. The first-order valence-corrected chi connectivity index (χ1v) is 6.66. The Labute approximate surface area is 95.7 Å². The predicted molar refractivity (Wildman–Crippen MR) is 60.4 cm³/mol. The van der Waals surface area contributed by atoms with Crippen LogP contribution in [0.3, 0.4) is 0 Å². The van der Waals surface area contributed by atoms with Crippen molar-refractivity contribution in [1.82, 2.24) is 5.32 Å². The monoisotopic (exact) mass is 249 g/mol. The van der Waals surface area contributed by atoms with Gasteiger partial charge >= 0.3 is 7.80 Å². The molecule has 0 saturated carbocycles. The third-order valence-electron chi connectivity index (χ3n) is 1.83. The zero-order valence-electron chi connectivity index (χ0n) is 9.56. The van der Waals surface area contributed by atoms with Gasteiger partial charge in [0.2, 0.25) is 18.2 Å². The van der Waals surface area contributed by atoms with E-state index in [9.17, 15) is 14.2 Å². The van der Waals surface area contributed by atoms with E-state index in [2.05, 4.69) is 5.32 Å². The third-order valence-corrected chi connectivity index (χ3v) is 3.06. The molecule has 2 atom stereocenters. The van der Waals surface area contributed by atoms with Gasteiger partial charge in [0, 0.05) is 20.0 Å². The molecule has 0 radical (unpaired) electrons. The Morgan fingerprint density at radius 1 is 1.50 bits per heavy atom. The van der Waals surface area contributed by atoms with Crippen LogP contribution in [0.5, 0.6) is 0 Å². The van der Waals surface area contributed by atoms with Crippen molar-refractivity contribution in [3.8, 4) is 0 Å². The van der Waals surface area contributed by atoms with Crippen molar-refractivity contribution in [1.29, 1.82) is 0 Å². The predicted octanol–water partition coefficient (Wildman–Crippen LogP) is 0.188. The fraction of sp³-hybridized carbons (Fsp3) is 0.778. The Morgan fingerprint density at radius 3 is 2.56 bits per heavy atom. The summed E-state index contributed by atoms with van der Waals surface area (Å²) in [6, 6.07) is -0.752. The van der Waals surface area contributed by atoms with Crippen LogP contribution in [-0.2, 0) is 18.9 Å². The van der Waals surface area contributed by atoms with Crippen molar-refractivity contribution in [3.05, 3.63) is 0 Å². The number of nitrogens with two attached hydrogens (primary N) is 1. The molecule has 0 aliphatic rings. The van der Waals surface area contributed by atoms with E-state index in [0.717, 1.165) is 0 Å². The van der Waals surface area contributed by atoms with E-state index in [0.29, 0.717) is 12.8 Å². The first-order chi connectivity index (χ1) is 7.47. The normalized spacial score (nSPS) is 13.0. The molecule has 0 aromatic carbocycles. The summed E-state index contributed by atoms with van der Waals surface area (Å²) in [6.07, 6.45) is 0.762. The van der Waals surface area contributed by atoms with Gasteiger partial charge < -0.3 is 15.8 Å². The minimum atomic E-state index is -1.50. The van der Waals surface area contributed by atoms with E-state index in [1.807, 2.05) is 6.92 Å². The van der Waals surface area contributed by atoms with Gasteiger partial charge in [-0.3, -0.25) is 9.59 Å². The Hall–Kier alpha value is -1.00. The second-order valence-electron chi connectivity index (χ2n) is 3.27. The van der Waals surface area contributed by atoms with Gasteiger partial charge in [-0.25, -0.2) is 0 Å². The molecule has 0 saturated heterocycles. The minimum Gasteiger partial charge on any atom is -0.368 e. The van der Waals surface area contributed by atoms with Crippen molar-refractivity contribution in [2.45, 2.75) is 26.3 Å². The van der Waals surface area contributed by atoms with Crippen LogP contribution in [0.1, 0.15) is 20.3 Å². The number of rotatable bonds is 8. The maximum absolute atomic E-state index is 11.4. The average Bonchev–Trinajstić information content (AvgIpc) is 2.20. The first kappa shape index (κ1) is 15.0. The highest BCUT2D eigenvalue weighted by Gasteiger charge is 2.22. The summed E-state index contributed by atoms with van der Waals surface area (Å²) in [5.74, 6) is -0.946. The fourth-order valence-corrected chi connectivity index (χ4v) is 2.12. The first-order valence-electron chi connectivity index (χ1n) is 5.03. The molecule has 3 N–H and O–H groups in total. The van der Waals surface area contributed by atoms with Gasteiger partial charge in [0.15, 0.2) is 6.16 Å². The Balaban J connectivity index is 3.97. The van der Waals surface area contributed by atoms with E-state index >= 15 is 0 Å². The van der Waals surface area contributed by atoms with Crippen LogP contribution in [-0.4, -0.2) is 37.0 Å². The molecule has 0 aromatic rings. The maximum Gasteiger partial charge on any atom is 0.367 e. The van der Waals surface area contributed by atoms with E-state index in [1.165, 1.54) is 6.92 Å². The molecule has 0 aliphatic heterocycles.